The number of benzene rings is 2. The molecule has 1 N–H and O–H groups in total. The monoisotopic (exact) mass is 329 g/mol. The number of halogens is 1. The summed E-state index contributed by atoms with van der Waals surface area (Å²) in [7, 11) is 1.29. The first kappa shape index (κ1) is 15.1. The zero-order chi connectivity index (χ0) is 16.4. The van der Waals surface area contributed by atoms with Crippen LogP contribution in [-0.2, 0) is 9.53 Å². The van der Waals surface area contributed by atoms with Crippen molar-refractivity contribution in [2.75, 3.05) is 12.4 Å². The number of amides is 1. The third-order valence-electron chi connectivity index (χ3n) is 3.28. The fourth-order valence-electron chi connectivity index (χ4n) is 2.14. The Morgan fingerprint density at radius 1 is 1.26 bits per heavy atom. The van der Waals surface area contributed by atoms with E-state index in [-0.39, 0.29) is 5.76 Å². The molecule has 5 nitrogen and oxygen atoms in total. The van der Waals surface area contributed by atoms with E-state index < -0.39 is 11.9 Å². The number of rotatable bonds is 2. The van der Waals surface area contributed by atoms with Crippen molar-refractivity contribution < 1.29 is 19.1 Å². The van der Waals surface area contributed by atoms with Crippen molar-refractivity contribution in [1.29, 1.82) is 0 Å². The highest BCUT2D eigenvalue weighted by Gasteiger charge is 2.23. The van der Waals surface area contributed by atoms with Crippen LogP contribution in [0.2, 0.25) is 5.02 Å². The van der Waals surface area contributed by atoms with E-state index in [1.165, 1.54) is 13.2 Å². The molecule has 6 heteroatoms. The SMILES string of the molecule is COC(=O)c1ccc2c(c1)NC(=O)/C(=C\c1ccccc1Cl)O2. The molecule has 0 spiro atoms. The van der Waals surface area contributed by atoms with Gasteiger partial charge < -0.3 is 14.8 Å². The number of methoxy groups -OCH3 is 1. The second kappa shape index (κ2) is 6.14. The van der Waals surface area contributed by atoms with Gasteiger partial charge in [-0.25, -0.2) is 4.79 Å². The number of fused-ring (bicyclic) bond motifs is 1. The van der Waals surface area contributed by atoms with Gasteiger partial charge in [-0.05, 0) is 35.9 Å². The van der Waals surface area contributed by atoms with Crippen LogP contribution in [0.15, 0.2) is 48.2 Å². The summed E-state index contributed by atoms with van der Waals surface area (Å²) in [6, 6.07) is 11.8. The molecule has 3 rings (SSSR count). The molecule has 1 aliphatic heterocycles. The van der Waals surface area contributed by atoms with Crippen molar-refractivity contribution in [3.8, 4) is 5.75 Å². The molecule has 0 bridgehead atoms. The molecule has 116 valence electrons. The maximum atomic E-state index is 12.2. The molecule has 0 unspecified atom stereocenters. The second-order valence-corrected chi connectivity index (χ2v) is 5.20. The third-order valence-corrected chi connectivity index (χ3v) is 3.63. The molecule has 1 amide bonds. The molecule has 0 saturated heterocycles. The Morgan fingerprint density at radius 2 is 2.04 bits per heavy atom. The standard InChI is InChI=1S/C17H12ClNO4/c1-22-17(21)11-6-7-14-13(8-11)19-16(20)15(23-14)9-10-4-2-3-5-12(10)18/h2-9H,1H3,(H,19,20)/b15-9+. The first-order valence-corrected chi connectivity index (χ1v) is 7.14. The minimum Gasteiger partial charge on any atom is -0.465 e. The summed E-state index contributed by atoms with van der Waals surface area (Å²) < 4.78 is 10.3. The number of hydrogen-bond acceptors (Lipinski definition) is 4. The van der Waals surface area contributed by atoms with Gasteiger partial charge in [0.2, 0.25) is 0 Å². The summed E-state index contributed by atoms with van der Waals surface area (Å²) >= 11 is 6.08. The van der Waals surface area contributed by atoms with Gasteiger partial charge in [-0.3, -0.25) is 4.79 Å². The van der Waals surface area contributed by atoms with E-state index in [0.29, 0.717) is 27.6 Å². The molecule has 0 fully saturated rings. The molecule has 0 aromatic heterocycles. The lowest BCUT2D eigenvalue weighted by Crippen LogP contribution is -2.23. The Labute approximate surface area is 137 Å². The van der Waals surface area contributed by atoms with Crippen LogP contribution in [0, 0.1) is 0 Å². The van der Waals surface area contributed by atoms with Crippen molar-refractivity contribution in [1.82, 2.24) is 0 Å². The van der Waals surface area contributed by atoms with Crippen LogP contribution in [0.25, 0.3) is 6.08 Å². The molecule has 0 atom stereocenters. The van der Waals surface area contributed by atoms with Gasteiger partial charge in [-0.1, -0.05) is 29.8 Å². The summed E-state index contributed by atoms with van der Waals surface area (Å²) in [5.41, 5.74) is 1.41. The summed E-state index contributed by atoms with van der Waals surface area (Å²) in [6.07, 6.45) is 1.56. The Morgan fingerprint density at radius 3 is 2.78 bits per heavy atom. The molecule has 1 heterocycles. The fraction of sp³-hybridized carbons (Fsp3) is 0.0588. The van der Waals surface area contributed by atoms with Crippen molar-refractivity contribution >= 4 is 35.2 Å². The topological polar surface area (TPSA) is 64.6 Å². The lowest BCUT2D eigenvalue weighted by Gasteiger charge is -2.20. The molecule has 2 aromatic carbocycles. The van der Waals surface area contributed by atoms with Crippen LogP contribution >= 0.6 is 11.6 Å². The molecule has 1 aliphatic rings. The second-order valence-electron chi connectivity index (χ2n) is 4.79. The van der Waals surface area contributed by atoms with Crippen LogP contribution in [-0.4, -0.2) is 19.0 Å². The van der Waals surface area contributed by atoms with E-state index in [1.54, 1.807) is 36.4 Å². The zero-order valence-electron chi connectivity index (χ0n) is 12.1. The quantitative estimate of drug-likeness (QED) is 0.676. The number of esters is 1. The van der Waals surface area contributed by atoms with Crippen LogP contribution in [0.5, 0.6) is 5.75 Å². The van der Waals surface area contributed by atoms with E-state index in [0.717, 1.165) is 0 Å². The molecule has 23 heavy (non-hydrogen) atoms. The van der Waals surface area contributed by atoms with Crippen molar-refractivity contribution in [2.45, 2.75) is 0 Å². The minimum absolute atomic E-state index is 0.122. The Balaban J connectivity index is 1.94. The molecule has 0 saturated carbocycles. The number of carbonyl (C=O) groups is 2. The largest absolute Gasteiger partial charge is 0.465 e. The van der Waals surface area contributed by atoms with E-state index >= 15 is 0 Å². The van der Waals surface area contributed by atoms with Gasteiger partial charge in [0.15, 0.2) is 11.5 Å². The minimum atomic E-state index is -0.487. The number of carbonyl (C=O) groups excluding carboxylic acids is 2. The van der Waals surface area contributed by atoms with Gasteiger partial charge in [0.05, 0.1) is 18.4 Å². The lowest BCUT2D eigenvalue weighted by molar-refractivity contribution is -0.115. The van der Waals surface area contributed by atoms with Crippen LogP contribution in [0.3, 0.4) is 0 Å². The normalized spacial score (nSPS) is 14.7. The van der Waals surface area contributed by atoms with Gasteiger partial charge in [0.25, 0.3) is 5.91 Å². The Kier molecular flexibility index (Phi) is 4.04. The van der Waals surface area contributed by atoms with Crippen molar-refractivity contribution in [3.05, 3.63) is 64.4 Å². The number of nitrogens with one attached hydrogen (secondary N) is 1. The Bertz CT molecular complexity index is 829. The van der Waals surface area contributed by atoms with Crippen LogP contribution < -0.4 is 10.1 Å². The first-order valence-electron chi connectivity index (χ1n) is 6.76. The van der Waals surface area contributed by atoms with Gasteiger partial charge in [-0.15, -0.1) is 0 Å². The zero-order valence-corrected chi connectivity index (χ0v) is 12.9. The van der Waals surface area contributed by atoms with Crippen molar-refractivity contribution in [2.24, 2.45) is 0 Å². The molecule has 0 radical (unpaired) electrons. The highest BCUT2D eigenvalue weighted by Crippen LogP contribution is 2.33. The predicted octanol–water partition coefficient (Wildman–Crippen LogP) is 3.50. The average Bonchev–Trinajstić information content (AvgIpc) is 2.56. The number of hydrogen-bond donors (Lipinski definition) is 1. The smallest absolute Gasteiger partial charge is 0.337 e. The lowest BCUT2D eigenvalue weighted by atomic mass is 10.1. The summed E-state index contributed by atoms with van der Waals surface area (Å²) in [5, 5.41) is 3.20. The summed E-state index contributed by atoms with van der Waals surface area (Å²) in [5.74, 6) is -0.342. The molecular formula is C17H12ClNO4. The molecule has 2 aromatic rings. The van der Waals surface area contributed by atoms with Gasteiger partial charge in [-0.2, -0.15) is 0 Å². The van der Waals surface area contributed by atoms with E-state index in [2.05, 4.69) is 10.1 Å². The van der Waals surface area contributed by atoms with E-state index in [9.17, 15) is 9.59 Å². The maximum Gasteiger partial charge on any atom is 0.337 e. The average molecular weight is 330 g/mol. The highest BCUT2D eigenvalue weighted by atomic mass is 35.5. The third kappa shape index (κ3) is 3.05. The van der Waals surface area contributed by atoms with Gasteiger partial charge in [0.1, 0.15) is 0 Å². The van der Waals surface area contributed by atoms with E-state index in [1.807, 2.05) is 6.07 Å². The predicted molar refractivity (Wildman–Crippen MR) is 86.5 cm³/mol. The first-order chi connectivity index (χ1) is 11.1. The molecular weight excluding hydrogens is 318 g/mol. The summed E-state index contributed by atoms with van der Waals surface area (Å²) in [6.45, 7) is 0. The van der Waals surface area contributed by atoms with Crippen molar-refractivity contribution in [3.63, 3.8) is 0 Å². The fourth-order valence-corrected chi connectivity index (χ4v) is 2.33. The van der Waals surface area contributed by atoms with E-state index in [4.69, 9.17) is 16.3 Å². The van der Waals surface area contributed by atoms with Gasteiger partial charge in [0, 0.05) is 5.02 Å². The van der Waals surface area contributed by atoms with Crippen LogP contribution in [0.4, 0.5) is 5.69 Å². The summed E-state index contributed by atoms with van der Waals surface area (Å²) in [4.78, 5) is 23.7. The van der Waals surface area contributed by atoms with Gasteiger partial charge >= 0.3 is 5.97 Å². The maximum absolute atomic E-state index is 12.2. The molecule has 0 aliphatic carbocycles. The highest BCUT2D eigenvalue weighted by molar-refractivity contribution is 6.32. The Hall–Kier alpha value is -2.79. The number of anilines is 1. The number of ether oxygens (including phenoxy) is 2. The van der Waals surface area contributed by atoms with Crippen LogP contribution in [0.1, 0.15) is 15.9 Å².